The molecule has 9 heavy (non-hydrogen) atoms. The van der Waals surface area contributed by atoms with Gasteiger partial charge in [0.05, 0.1) is 0 Å². The van der Waals surface area contributed by atoms with Gasteiger partial charge in [-0.25, -0.2) is 0 Å². The van der Waals surface area contributed by atoms with Crippen molar-refractivity contribution in [2.75, 3.05) is 27.2 Å². The molecule has 0 aromatic heterocycles. The van der Waals surface area contributed by atoms with Crippen LogP contribution in [-0.2, 0) is 0 Å². The van der Waals surface area contributed by atoms with E-state index in [0.29, 0.717) is 5.37 Å². The highest BCUT2D eigenvalue weighted by atomic mass is 32.1. The molecule has 0 aromatic carbocycles. The molecule has 0 saturated carbocycles. The maximum absolute atomic E-state index is 4.17. The summed E-state index contributed by atoms with van der Waals surface area (Å²) in [6, 6.07) is 0. The highest BCUT2D eigenvalue weighted by Gasteiger charge is 1.91. The molecule has 0 aliphatic rings. The Balaban J connectivity index is 2.91. The predicted molar refractivity (Wildman–Crippen MR) is 45.0 cm³/mol. The van der Waals surface area contributed by atoms with Gasteiger partial charge in [-0.2, -0.15) is 12.6 Å². The molecule has 0 spiro atoms. The Hall–Kier alpha value is 0.270. The van der Waals surface area contributed by atoms with E-state index in [2.05, 4.69) is 36.9 Å². The van der Waals surface area contributed by atoms with Crippen LogP contribution in [0.15, 0.2) is 0 Å². The number of thiol groups is 1. The van der Waals surface area contributed by atoms with E-state index >= 15 is 0 Å². The molecule has 0 aromatic rings. The fraction of sp³-hybridized carbons (Fsp3) is 1.00. The summed E-state index contributed by atoms with van der Waals surface area (Å²) in [5.74, 6) is 0. The molecule has 56 valence electrons. The Morgan fingerprint density at radius 1 is 1.56 bits per heavy atom. The van der Waals surface area contributed by atoms with Crippen LogP contribution in [0, 0.1) is 0 Å². The van der Waals surface area contributed by atoms with Crippen LogP contribution in [0.3, 0.4) is 0 Å². The van der Waals surface area contributed by atoms with Gasteiger partial charge < -0.3 is 10.2 Å². The molecule has 1 atom stereocenters. The van der Waals surface area contributed by atoms with Gasteiger partial charge in [0, 0.05) is 18.5 Å². The minimum atomic E-state index is 0.310. The van der Waals surface area contributed by atoms with Crippen molar-refractivity contribution < 1.29 is 0 Å². The molecular formula is C6H16N2S. The third-order valence-corrected chi connectivity index (χ3v) is 1.18. The molecule has 0 bridgehead atoms. The van der Waals surface area contributed by atoms with Crippen molar-refractivity contribution in [3.05, 3.63) is 0 Å². The molecule has 0 radical (unpaired) electrons. The first-order chi connectivity index (χ1) is 4.13. The van der Waals surface area contributed by atoms with E-state index in [9.17, 15) is 0 Å². The van der Waals surface area contributed by atoms with E-state index in [1.165, 1.54) is 0 Å². The quantitative estimate of drug-likeness (QED) is 0.443. The number of likely N-dealkylation sites (N-methyl/N-ethyl adjacent to an activating group) is 1. The first kappa shape index (κ1) is 9.27. The highest BCUT2D eigenvalue weighted by molar-refractivity contribution is 7.80. The topological polar surface area (TPSA) is 15.3 Å². The first-order valence-electron chi connectivity index (χ1n) is 3.19. The maximum atomic E-state index is 4.17. The van der Waals surface area contributed by atoms with Gasteiger partial charge in [0.2, 0.25) is 0 Å². The Kier molecular flexibility index (Phi) is 5.24. The second-order valence-corrected chi connectivity index (χ2v) is 3.21. The molecule has 0 saturated heterocycles. The van der Waals surface area contributed by atoms with Crippen LogP contribution in [0.5, 0.6) is 0 Å². The summed E-state index contributed by atoms with van der Waals surface area (Å²) in [6.45, 7) is 4.11. The molecule has 1 unspecified atom stereocenters. The second kappa shape index (κ2) is 5.09. The Labute approximate surface area is 63.0 Å². The molecule has 0 rings (SSSR count). The summed E-state index contributed by atoms with van der Waals surface area (Å²) in [5.41, 5.74) is 0. The molecule has 1 N–H and O–H groups in total. The van der Waals surface area contributed by atoms with Crippen LogP contribution in [-0.4, -0.2) is 37.5 Å². The fourth-order valence-electron chi connectivity index (χ4n) is 0.497. The predicted octanol–water partition coefficient (Wildman–Crippen LogP) is 0.413. The largest absolute Gasteiger partial charge is 0.308 e. The van der Waals surface area contributed by atoms with E-state index in [0.717, 1.165) is 13.1 Å². The van der Waals surface area contributed by atoms with Crippen LogP contribution in [0.4, 0.5) is 0 Å². The third kappa shape index (κ3) is 8.27. The monoisotopic (exact) mass is 148 g/mol. The highest BCUT2D eigenvalue weighted by Crippen LogP contribution is 1.83. The second-order valence-electron chi connectivity index (χ2n) is 2.43. The zero-order valence-corrected chi connectivity index (χ0v) is 7.28. The lowest BCUT2D eigenvalue weighted by Crippen LogP contribution is -2.29. The van der Waals surface area contributed by atoms with Gasteiger partial charge in [-0.3, -0.25) is 0 Å². The molecule has 0 aliphatic heterocycles. The number of nitrogens with zero attached hydrogens (tertiary/aromatic N) is 1. The molecule has 3 heteroatoms. The Morgan fingerprint density at radius 3 is 2.44 bits per heavy atom. The van der Waals surface area contributed by atoms with Crippen LogP contribution in [0.2, 0.25) is 0 Å². The van der Waals surface area contributed by atoms with Gasteiger partial charge in [-0.15, -0.1) is 0 Å². The smallest absolute Gasteiger partial charge is 0.0474 e. The number of rotatable bonds is 4. The van der Waals surface area contributed by atoms with Crippen LogP contribution in [0.1, 0.15) is 6.92 Å². The molecule has 0 aliphatic carbocycles. The molecule has 0 amide bonds. The van der Waals surface area contributed by atoms with E-state index in [4.69, 9.17) is 0 Å². The average molecular weight is 148 g/mol. The minimum absolute atomic E-state index is 0.310. The molecule has 2 nitrogen and oxygen atoms in total. The van der Waals surface area contributed by atoms with Gasteiger partial charge in [0.1, 0.15) is 0 Å². The molecule has 0 heterocycles. The molecular weight excluding hydrogens is 132 g/mol. The summed E-state index contributed by atoms with van der Waals surface area (Å²) >= 11 is 4.17. The number of hydrogen-bond acceptors (Lipinski definition) is 3. The van der Waals surface area contributed by atoms with Crippen LogP contribution >= 0.6 is 12.6 Å². The number of nitrogens with one attached hydrogen (secondary N) is 1. The van der Waals surface area contributed by atoms with Gasteiger partial charge >= 0.3 is 0 Å². The standard InChI is InChI=1S/C6H16N2S/c1-6(9)7-4-5-8(2)3/h6-7,9H,4-5H2,1-3H3. The van der Waals surface area contributed by atoms with E-state index < -0.39 is 0 Å². The first-order valence-corrected chi connectivity index (χ1v) is 3.70. The summed E-state index contributed by atoms with van der Waals surface area (Å²) < 4.78 is 0. The Morgan fingerprint density at radius 2 is 2.11 bits per heavy atom. The Bertz CT molecular complexity index is 56.1. The zero-order chi connectivity index (χ0) is 7.28. The van der Waals surface area contributed by atoms with Gasteiger partial charge in [0.25, 0.3) is 0 Å². The summed E-state index contributed by atoms with van der Waals surface area (Å²) in [5, 5.41) is 3.51. The van der Waals surface area contributed by atoms with E-state index in [-0.39, 0.29) is 0 Å². The number of hydrogen-bond donors (Lipinski definition) is 2. The van der Waals surface area contributed by atoms with Crippen LogP contribution < -0.4 is 5.32 Å². The van der Waals surface area contributed by atoms with Crippen molar-refractivity contribution >= 4 is 12.6 Å². The minimum Gasteiger partial charge on any atom is -0.308 e. The third-order valence-electron chi connectivity index (χ3n) is 0.999. The maximum Gasteiger partial charge on any atom is 0.0474 e. The van der Waals surface area contributed by atoms with Crippen molar-refractivity contribution in [1.82, 2.24) is 10.2 Å². The molecule has 0 fully saturated rings. The van der Waals surface area contributed by atoms with Crippen molar-refractivity contribution in [2.24, 2.45) is 0 Å². The zero-order valence-electron chi connectivity index (χ0n) is 6.39. The van der Waals surface area contributed by atoms with Crippen LogP contribution in [0.25, 0.3) is 0 Å². The van der Waals surface area contributed by atoms with Gasteiger partial charge in [0.15, 0.2) is 0 Å². The average Bonchev–Trinajstić information content (AvgIpc) is 1.63. The fourth-order valence-corrected chi connectivity index (χ4v) is 0.626. The van der Waals surface area contributed by atoms with Crippen molar-refractivity contribution in [3.8, 4) is 0 Å². The van der Waals surface area contributed by atoms with E-state index in [1.807, 2.05) is 6.92 Å². The lowest BCUT2D eigenvalue weighted by Gasteiger charge is -2.11. The van der Waals surface area contributed by atoms with Crippen molar-refractivity contribution in [3.63, 3.8) is 0 Å². The van der Waals surface area contributed by atoms with Gasteiger partial charge in [-0.1, -0.05) is 0 Å². The van der Waals surface area contributed by atoms with E-state index in [1.54, 1.807) is 0 Å². The van der Waals surface area contributed by atoms with Crippen molar-refractivity contribution in [1.29, 1.82) is 0 Å². The summed E-state index contributed by atoms with van der Waals surface area (Å²) in [4.78, 5) is 2.14. The summed E-state index contributed by atoms with van der Waals surface area (Å²) in [7, 11) is 4.12. The normalized spacial score (nSPS) is 14.3. The summed E-state index contributed by atoms with van der Waals surface area (Å²) in [6.07, 6.45) is 0. The SMILES string of the molecule is CC(S)NCCN(C)C. The van der Waals surface area contributed by atoms with Crippen molar-refractivity contribution in [2.45, 2.75) is 12.3 Å². The lowest BCUT2D eigenvalue weighted by molar-refractivity contribution is 0.400. The lowest BCUT2D eigenvalue weighted by atomic mass is 10.5. The van der Waals surface area contributed by atoms with Gasteiger partial charge in [-0.05, 0) is 21.0 Å².